The molecule has 1 saturated heterocycles. The number of likely N-dealkylation sites (tertiary alicyclic amines) is 1. The first-order valence-corrected chi connectivity index (χ1v) is 5.58. The molecule has 1 aliphatic rings. The molecule has 0 saturated carbocycles. The number of hydrogen-bond acceptors (Lipinski definition) is 6. The molecule has 1 heterocycles. The van der Waals surface area contributed by atoms with Crippen LogP contribution in [0.4, 0.5) is 0 Å². The minimum absolute atomic E-state index is 0.233. The molecular weight excluding hydrogens is 214 g/mol. The van der Waals surface area contributed by atoms with Crippen molar-refractivity contribution in [2.75, 3.05) is 32.9 Å². The molecule has 0 bridgehead atoms. The monoisotopic (exact) mass is 235 g/mol. The fourth-order valence-electron chi connectivity index (χ4n) is 1.96. The Labute approximate surface area is 95.1 Å². The summed E-state index contributed by atoms with van der Waals surface area (Å²) in [7, 11) is 0. The standard InChI is InChI=1S/C10H21NO5/c1-2-16-4-3-11-5-8(13)10(15)9(14)7(11)6-12/h7-10,12-15H,2-6H2,1H3/t7-,8+,9-,10?/m1/s1. The van der Waals surface area contributed by atoms with Crippen molar-refractivity contribution in [3.05, 3.63) is 0 Å². The highest BCUT2D eigenvalue weighted by Crippen LogP contribution is 2.18. The minimum atomic E-state index is -1.19. The van der Waals surface area contributed by atoms with Gasteiger partial charge in [0.1, 0.15) is 12.2 Å². The highest BCUT2D eigenvalue weighted by molar-refractivity contribution is 4.93. The summed E-state index contributed by atoms with van der Waals surface area (Å²) in [6.07, 6.45) is -3.31. The SMILES string of the molecule is CCOCCN1C[C@H](O)C(O)[C@H](O)[C@H]1CO. The van der Waals surface area contributed by atoms with Gasteiger partial charge in [-0.05, 0) is 6.92 Å². The zero-order valence-electron chi connectivity index (χ0n) is 9.49. The van der Waals surface area contributed by atoms with Gasteiger partial charge in [0.05, 0.1) is 25.4 Å². The molecule has 0 aliphatic carbocycles. The van der Waals surface area contributed by atoms with Crippen LogP contribution in [0.3, 0.4) is 0 Å². The summed E-state index contributed by atoms with van der Waals surface area (Å²) < 4.78 is 5.18. The number of nitrogens with zero attached hydrogens (tertiary/aromatic N) is 1. The molecule has 4 atom stereocenters. The predicted molar refractivity (Wildman–Crippen MR) is 57.0 cm³/mol. The lowest BCUT2D eigenvalue weighted by atomic mass is 9.94. The van der Waals surface area contributed by atoms with Gasteiger partial charge in [0.15, 0.2) is 0 Å². The van der Waals surface area contributed by atoms with Gasteiger partial charge in [-0.3, -0.25) is 4.90 Å². The third-order valence-corrected chi connectivity index (χ3v) is 2.94. The van der Waals surface area contributed by atoms with Gasteiger partial charge in [0, 0.05) is 19.7 Å². The second-order valence-corrected chi connectivity index (χ2v) is 3.99. The Morgan fingerprint density at radius 2 is 1.94 bits per heavy atom. The van der Waals surface area contributed by atoms with E-state index in [0.717, 1.165) is 0 Å². The Morgan fingerprint density at radius 1 is 1.25 bits per heavy atom. The molecular formula is C10H21NO5. The first-order chi connectivity index (χ1) is 7.61. The molecule has 0 aromatic carbocycles. The van der Waals surface area contributed by atoms with E-state index in [0.29, 0.717) is 19.8 Å². The van der Waals surface area contributed by atoms with Gasteiger partial charge >= 0.3 is 0 Å². The summed E-state index contributed by atoms with van der Waals surface area (Å²) >= 11 is 0. The van der Waals surface area contributed by atoms with Crippen LogP contribution in [0.5, 0.6) is 0 Å². The number of piperidine rings is 1. The van der Waals surface area contributed by atoms with E-state index in [1.165, 1.54) is 0 Å². The summed E-state index contributed by atoms with van der Waals surface area (Å²) in [5, 5.41) is 37.8. The Bertz CT molecular complexity index is 204. The van der Waals surface area contributed by atoms with Crippen LogP contribution in [0.25, 0.3) is 0 Å². The van der Waals surface area contributed by atoms with E-state index >= 15 is 0 Å². The van der Waals surface area contributed by atoms with Crippen molar-refractivity contribution in [1.82, 2.24) is 4.90 Å². The van der Waals surface area contributed by atoms with Gasteiger partial charge in [-0.2, -0.15) is 0 Å². The number of aliphatic hydroxyl groups is 4. The lowest BCUT2D eigenvalue weighted by Crippen LogP contribution is -2.62. The predicted octanol–water partition coefficient (Wildman–Crippen LogP) is -2.22. The van der Waals surface area contributed by atoms with Gasteiger partial charge in [0.25, 0.3) is 0 Å². The van der Waals surface area contributed by atoms with Crippen LogP contribution in [0.15, 0.2) is 0 Å². The van der Waals surface area contributed by atoms with E-state index in [9.17, 15) is 15.3 Å². The summed E-state index contributed by atoms with van der Waals surface area (Å²) in [4.78, 5) is 1.73. The number of aliphatic hydroxyl groups excluding tert-OH is 4. The van der Waals surface area contributed by atoms with Crippen molar-refractivity contribution in [2.45, 2.75) is 31.3 Å². The highest BCUT2D eigenvalue weighted by atomic mass is 16.5. The Hall–Kier alpha value is -0.240. The van der Waals surface area contributed by atoms with Crippen molar-refractivity contribution in [3.8, 4) is 0 Å². The lowest BCUT2D eigenvalue weighted by Gasteiger charge is -2.42. The van der Waals surface area contributed by atoms with Crippen molar-refractivity contribution in [3.63, 3.8) is 0 Å². The maximum atomic E-state index is 9.68. The van der Waals surface area contributed by atoms with Crippen LogP contribution in [0.2, 0.25) is 0 Å². The normalized spacial score (nSPS) is 36.6. The summed E-state index contributed by atoms with van der Waals surface area (Å²) in [5.41, 5.74) is 0. The third kappa shape index (κ3) is 3.13. The molecule has 6 nitrogen and oxygen atoms in total. The number of hydrogen-bond donors (Lipinski definition) is 4. The van der Waals surface area contributed by atoms with E-state index in [1.807, 2.05) is 6.92 Å². The molecule has 0 spiro atoms. The first-order valence-electron chi connectivity index (χ1n) is 5.58. The zero-order valence-corrected chi connectivity index (χ0v) is 9.49. The van der Waals surface area contributed by atoms with Crippen LogP contribution >= 0.6 is 0 Å². The molecule has 0 aromatic heterocycles. The molecule has 6 heteroatoms. The highest BCUT2D eigenvalue weighted by Gasteiger charge is 2.40. The largest absolute Gasteiger partial charge is 0.395 e. The lowest BCUT2D eigenvalue weighted by molar-refractivity contribution is -0.147. The maximum Gasteiger partial charge on any atom is 0.109 e. The van der Waals surface area contributed by atoms with E-state index in [1.54, 1.807) is 4.90 Å². The van der Waals surface area contributed by atoms with Crippen LogP contribution in [-0.4, -0.2) is 82.6 Å². The van der Waals surface area contributed by atoms with Crippen LogP contribution < -0.4 is 0 Å². The summed E-state index contributed by atoms with van der Waals surface area (Å²) in [6, 6.07) is -0.543. The summed E-state index contributed by atoms with van der Waals surface area (Å²) in [6.45, 7) is 3.45. The molecule has 1 fully saturated rings. The third-order valence-electron chi connectivity index (χ3n) is 2.94. The average Bonchev–Trinajstić information content (AvgIpc) is 2.27. The molecule has 16 heavy (non-hydrogen) atoms. The van der Waals surface area contributed by atoms with Gasteiger partial charge in [-0.1, -0.05) is 0 Å². The Balaban J connectivity index is 2.53. The minimum Gasteiger partial charge on any atom is -0.395 e. The molecule has 0 amide bonds. The Kier molecular flexibility index (Phi) is 5.60. The first kappa shape index (κ1) is 13.8. The molecule has 1 unspecified atom stereocenters. The molecule has 0 radical (unpaired) electrons. The van der Waals surface area contributed by atoms with E-state index in [2.05, 4.69) is 0 Å². The van der Waals surface area contributed by atoms with Gasteiger partial charge < -0.3 is 25.2 Å². The quantitative estimate of drug-likeness (QED) is 0.403. The van der Waals surface area contributed by atoms with Crippen molar-refractivity contribution in [2.24, 2.45) is 0 Å². The fraction of sp³-hybridized carbons (Fsp3) is 1.00. The number of ether oxygens (including phenoxy) is 1. The van der Waals surface area contributed by atoms with Gasteiger partial charge in [0.2, 0.25) is 0 Å². The van der Waals surface area contributed by atoms with Crippen molar-refractivity contribution >= 4 is 0 Å². The van der Waals surface area contributed by atoms with Crippen LogP contribution in [0.1, 0.15) is 6.92 Å². The van der Waals surface area contributed by atoms with Crippen LogP contribution in [-0.2, 0) is 4.74 Å². The van der Waals surface area contributed by atoms with E-state index in [-0.39, 0.29) is 13.2 Å². The van der Waals surface area contributed by atoms with Crippen molar-refractivity contribution in [1.29, 1.82) is 0 Å². The average molecular weight is 235 g/mol. The summed E-state index contributed by atoms with van der Waals surface area (Å²) in [5.74, 6) is 0. The van der Waals surface area contributed by atoms with Gasteiger partial charge in [-0.25, -0.2) is 0 Å². The Morgan fingerprint density at radius 3 is 2.50 bits per heavy atom. The number of β-amino-alcohol motifs (C(OH)–C–C–N with tert-alkyl or cyclic N) is 1. The second-order valence-electron chi connectivity index (χ2n) is 3.99. The number of rotatable bonds is 5. The van der Waals surface area contributed by atoms with E-state index in [4.69, 9.17) is 9.84 Å². The fourth-order valence-corrected chi connectivity index (χ4v) is 1.96. The maximum absolute atomic E-state index is 9.68. The van der Waals surface area contributed by atoms with Crippen molar-refractivity contribution < 1.29 is 25.2 Å². The zero-order chi connectivity index (χ0) is 12.1. The topological polar surface area (TPSA) is 93.4 Å². The second kappa shape index (κ2) is 6.48. The van der Waals surface area contributed by atoms with Gasteiger partial charge in [-0.15, -0.1) is 0 Å². The molecule has 1 rings (SSSR count). The molecule has 96 valence electrons. The van der Waals surface area contributed by atoms with Crippen LogP contribution in [0, 0.1) is 0 Å². The molecule has 4 N–H and O–H groups in total. The molecule has 1 aliphatic heterocycles. The smallest absolute Gasteiger partial charge is 0.109 e. The molecule has 0 aromatic rings. The van der Waals surface area contributed by atoms with E-state index < -0.39 is 24.4 Å².